The summed E-state index contributed by atoms with van der Waals surface area (Å²) in [6.45, 7) is 10.0. The van der Waals surface area contributed by atoms with Gasteiger partial charge in [-0.15, -0.1) is 34.2 Å². The number of hydrogen-bond donors (Lipinski definition) is 2. The minimum absolute atomic E-state index is 0. The first-order valence-corrected chi connectivity index (χ1v) is 10.9. The van der Waals surface area contributed by atoms with Gasteiger partial charge in [-0.1, -0.05) is 13.0 Å². The lowest BCUT2D eigenvalue weighted by Crippen LogP contribution is -2.40. The van der Waals surface area contributed by atoms with Gasteiger partial charge in [0.15, 0.2) is 5.96 Å². The number of halogens is 1. The Hall–Kier alpha value is -1.79. The number of ether oxygens (including phenoxy) is 1. The topological polar surface area (TPSA) is 92.5 Å². The van der Waals surface area contributed by atoms with Crippen LogP contribution in [0.25, 0.3) is 0 Å². The number of aromatic nitrogens is 4. The summed E-state index contributed by atoms with van der Waals surface area (Å²) < 4.78 is 7.49. The molecule has 1 aliphatic heterocycles. The van der Waals surface area contributed by atoms with Crippen molar-refractivity contribution in [3.05, 3.63) is 42.2 Å². The van der Waals surface area contributed by atoms with Crippen molar-refractivity contribution >= 4 is 29.9 Å². The summed E-state index contributed by atoms with van der Waals surface area (Å²) in [4.78, 5) is 11.6. The zero-order valence-electron chi connectivity index (χ0n) is 18.4. The minimum Gasteiger partial charge on any atom is -0.379 e. The number of nitrogens with zero attached hydrogens (tertiary/aromatic N) is 6. The number of rotatable bonds is 11. The lowest BCUT2D eigenvalue weighted by molar-refractivity contribution is 0.0377. The number of morpholine rings is 1. The van der Waals surface area contributed by atoms with Gasteiger partial charge in [-0.25, -0.2) is 0 Å². The van der Waals surface area contributed by atoms with Gasteiger partial charge in [0.2, 0.25) is 0 Å². The Balaban J connectivity index is 0.00000341. The highest BCUT2D eigenvalue weighted by Crippen LogP contribution is 1.99. The van der Waals surface area contributed by atoms with E-state index in [0.29, 0.717) is 0 Å². The molecule has 0 aliphatic carbocycles. The molecule has 31 heavy (non-hydrogen) atoms. The molecule has 0 amide bonds. The van der Waals surface area contributed by atoms with Crippen molar-refractivity contribution in [3.63, 3.8) is 0 Å². The number of nitrogens with one attached hydrogen (secondary N) is 2. The first-order chi connectivity index (χ1) is 14.8. The molecule has 1 fully saturated rings. The molecule has 9 nitrogen and oxygen atoms in total. The molecule has 1 aliphatic rings. The van der Waals surface area contributed by atoms with Gasteiger partial charge < -0.3 is 19.9 Å². The van der Waals surface area contributed by atoms with Crippen molar-refractivity contribution < 1.29 is 4.74 Å². The van der Waals surface area contributed by atoms with Crippen LogP contribution in [0.1, 0.15) is 24.9 Å². The lowest BCUT2D eigenvalue weighted by atomic mass is 10.3. The SMILES string of the molecule is CCc1nncn1CCNC(=NCCCN1CCOCC1)NCCc1ccccn1.I. The Morgan fingerprint density at radius 1 is 1.16 bits per heavy atom. The molecular formula is C21H35IN8O. The molecule has 0 radical (unpaired) electrons. The maximum absolute atomic E-state index is 5.41. The van der Waals surface area contributed by atoms with E-state index in [1.165, 1.54) is 0 Å². The largest absolute Gasteiger partial charge is 0.379 e. The van der Waals surface area contributed by atoms with E-state index in [1.54, 1.807) is 6.33 Å². The van der Waals surface area contributed by atoms with Gasteiger partial charge in [0, 0.05) is 70.5 Å². The van der Waals surface area contributed by atoms with Crippen molar-refractivity contribution in [3.8, 4) is 0 Å². The van der Waals surface area contributed by atoms with E-state index in [-0.39, 0.29) is 24.0 Å². The first-order valence-electron chi connectivity index (χ1n) is 10.9. The molecule has 0 unspecified atom stereocenters. The summed E-state index contributed by atoms with van der Waals surface area (Å²) in [7, 11) is 0. The van der Waals surface area contributed by atoms with Crippen LogP contribution >= 0.6 is 24.0 Å². The van der Waals surface area contributed by atoms with E-state index in [4.69, 9.17) is 9.73 Å². The predicted molar refractivity (Wildman–Crippen MR) is 133 cm³/mol. The molecule has 172 valence electrons. The fourth-order valence-corrected chi connectivity index (χ4v) is 3.37. The summed E-state index contributed by atoms with van der Waals surface area (Å²) in [6, 6.07) is 6.01. The third kappa shape index (κ3) is 9.48. The monoisotopic (exact) mass is 542 g/mol. The molecule has 3 heterocycles. The average Bonchev–Trinajstić information content (AvgIpc) is 3.25. The van der Waals surface area contributed by atoms with Crippen LogP contribution in [0.3, 0.4) is 0 Å². The quantitative estimate of drug-likeness (QED) is 0.192. The highest BCUT2D eigenvalue weighted by molar-refractivity contribution is 14.0. The molecule has 10 heteroatoms. The molecule has 0 saturated carbocycles. The maximum atomic E-state index is 5.41. The second kappa shape index (κ2) is 15.1. The second-order valence-electron chi connectivity index (χ2n) is 7.26. The van der Waals surface area contributed by atoms with E-state index in [0.717, 1.165) is 95.8 Å². The Morgan fingerprint density at radius 3 is 2.77 bits per heavy atom. The third-order valence-electron chi connectivity index (χ3n) is 5.06. The summed E-state index contributed by atoms with van der Waals surface area (Å²) in [5.74, 6) is 1.85. The minimum atomic E-state index is 0. The van der Waals surface area contributed by atoms with Crippen LogP contribution in [0, 0.1) is 0 Å². The van der Waals surface area contributed by atoms with E-state index < -0.39 is 0 Å². The molecule has 1 saturated heterocycles. The molecule has 0 atom stereocenters. The van der Waals surface area contributed by atoms with Gasteiger partial charge in [-0.2, -0.15) is 0 Å². The molecule has 2 aromatic rings. The van der Waals surface area contributed by atoms with E-state index in [2.05, 4.69) is 42.2 Å². The van der Waals surface area contributed by atoms with Gasteiger partial charge in [0.25, 0.3) is 0 Å². The Labute approximate surface area is 202 Å². The molecule has 0 aromatic carbocycles. The highest BCUT2D eigenvalue weighted by atomic mass is 127. The molecular weight excluding hydrogens is 507 g/mol. The van der Waals surface area contributed by atoms with Crippen LogP contribution in [0.5, 0.6) is 0 Å². The second-order valence-corrected chi connectivity index (χ2v) is 7.26. The number of aryl methyl sites for hydroxylation is 1. The summed E-state index contributed by atoms with van der Waals surface area (Å²) in [5.41, 5.74) is 1.08. The summed E-state index contributed by atoms with van der Waals surface area (Å²) in [6.07, 6.45) is 6.40. The summed E-state index contributed by atoms with van der Waals surface area (Å²) in [5, 5.41) is 15.0. The third-order valence-corrected chi connectivity index (χ3v) is 5.06. The van der Waals surface area contributed by atoms with Crippen molar-refractivity contribution in [1.29, 1.82) is 0 Å². The van der Waals surface area contributed by atoms with Crippen molar-refractivity contribution in [2.45, 2.75) is 32.7 Å². The molecule has 0 bridgehead atoms. The number of hydrogen-bond acceptors (Lipinski definition) is 6. The number of guanidine groups is 1. The van der Waals surface area contributed by atoms with E-state index in [9.17, 15) is 0 Å². The van der Waals surface area contributed by atoms with Gasteiger partial charge in [-0.3, -0.25) is 14.9 Å². The Morgan fingerprint density at radius 2 is 2.00 bits per heavy atom. The van der Waals surface area contributed by atoms with E-state index in [1.807, 2.05) is 24.4 Å². The van der Waals surface area contributed by atoms with Crippen molar-refractivity contribution in [1.82, 2.24) is 35.3 Å². The predicted octanol–water partition coefficient (Wildman–Crippen LogP) is 1.35. The van der Waals surface area contributed by atoms with Gasteiger partial charge in [0.1, 0.15) is 12.2 Å². The van der Waals surface area contributed by atoms with Crippen LogP contribution < -0.4 is 10.6 Å². The molecule has 3 rings (SSSR count). The molecule has 2 N–H and O–H groups in total. The highest BCUT2D eigenvalue weighted by Gasteiger charge is 2.09. The van der Waals surface area contributed by atoms with Gasteiger partial charge in [-0.05, 0) is 18.6 Å². The van der Waals surface area contributed by atoms with Crippen LogP contribution in [0.2, 0.25) is 0 Å². The van der Waals surface area contributed by atoms with Gasteiger partial charge in [0.05, 0.1) is 13.2 Å². The lowest BCUT2D eigenvalue weighted by Gasteiger charge is -2.26. The van der Waals surface area contributed by atoms with Crippen molar-refractivity contribution in [2.75, 3.05) is 52.5 Å². The Kier molecular flexibility index (Phi) is 12.4. The average molecular weight is 542 g/mol. The van der Waals surface area contributed by atoms with Crippen LogP contribution in [-0.4, -0.2) is 83.1 Å². The molecule has 0 spiro atoms. The zero-order chi connectivity index (χ0) is 20.9. The van der Waals surface area contributed by atoms with Crippen LogP contribution in [-0.2, 0) is 24.1 Å². The first kappa shape index (κ1) is 25.5. The fourth-order valence-electron chi connectivity index (χ4n) is 3.37. The van der Waals surface area contributed by atoms with Crippen LogP contribution in [0.15, 0.2) is 35.7 Å². The fraction of sp³-hybridized carbons (Fsp3) is 0.619. The standard InChI is InChI=1S/C21H34N8O.HI/c1-2-20-27-26-18-29(20)13-11-25-21(24-10-7-19-6-3-4-8-22-19)23-9-5-12-28-14-16-30-17-15-28;/h3-4,6,8,18H,2,5,7,9-17H2,1H3,(H2,23,24,25);1H. The van der Waals surface area contributed by atoms with Crippen LogP contribution in [0.4, 0.5) is 0 Å². The van der Waals surface area contributed by atoms with E-state index >= 15 is 0 Å². The molecule has 2 aromatic heterocycles. The normalized spacial score (nSPS) is 14.8. The Bertz CT molecular complexity index is 749. The van der Waals surface area contributed by atoms with Gasteiger partial charge >= 0.3 is 0 Å². The maximum Gasteiger partial charge on any atom is 0.191 e. The number of pyridine rings is 1. The van der Waals surface area contributed by atoms with Crippen molar-refractivity contribution in [2.24, 2.45) is 4.99 Å². The summed E-state index contributed by atoms with van der Waals surface area (Å²) >= 11 is 0. The zero-order valence-corrected chi connectivity index (χ0v) is 20.7. The smallest absolute Gasteiger partial charge is 0.191 e. The number of aliphatic imine (C=N–C) groups is 1.